The third-order valence-corrected chi connectivity index (χ3v) is 4.57. The van der Waals surface area contributed by atoms with Crippen molar-refractivity contribution in [3.63, 3.8) is 0 Å². The van der Waals surface area contributed by atoms with Crippen LogP contribution >= 0.6 is 0 Å². The molecule has 2 aromatic rings. The van der Waals surface area contributed by atoms with Gasteiger partial charge in [0.25, 0.3) is 11.6 Å². The number of hydrazone groups is 1. The minimum Gasteiger partial charge on any atom is -0.467 e. The number of aromatic nitrogens is 2. The molecule has 10 nitrogen and oxygen atoms in total. The van der Waals surface area contributed by atoms with Crippen molar-refractivity contribution in [3.8, 4) is 5.88 Å². The number of nitrogens with one attached hydrogen (secondary N) is 1. The molecule has 0 saturated carbocycles. The molecular formula is C20H24N6O4. The number of nitro benzene ring substituents is 1. The number of carbonyl (C=O) groups excluding carboxylic acids is 1. The fraction of sp³-hybridized carbons (Fsp3) is 0.400. The zero-order valence-corrected chi connectivity index (χ0v) is 16.8. The van der Waals surface area contributed by atoms with E-state index in [4.69, 9.17) is 4.74 Å². The lowest BCUT2D eigenvalue weighted by molar-refractivity contribution is -0.384. The fourth-order valence-electron chi connectivity index (χ4n) is 3.04. The summed E-state index contributed by atoms with van der Waals surface area (Å²) in [7, 11) is 0. The van der Waals surface area contributed by atoms with Gasteiger partial charge in [0, 0.05) is 37.0 Å². The molecular weight excluding hydrogens is 388 g/mol. The first kappa shape index (κ1) is 21.2. The highest BCUT2D eigenvalue weighted by atomic mass is 16.6. The van der Waals surface area contributed by atoms with Crippen LogP contribution < -0.4 is 15.1 Å². The Labute approximate surface area is 174 Å². The van der Waals surface area contributed by atoms with E-state index in [1.165, 1.54) is 43.3 Å². The summed E-state index contributed by atoms with van der Waals surface area (Å²) in [5.74, 6) is 0.528. The molecule has 0 aliphatic carbocycles. The van der Waals surface area contributed by atoms with Crippen LogP contribution in [0.1, 0.15) is 36.9 Å². The summed E-state index contributed by atoms with van der Waals surface area (Å²) in [6, 6.07) is 7.50. The second kappa shape index (κ2) is 10.3. The zero-order valence-electron chi connectivity index (χ0n) is 16.8. The van der Waals surface area contributed by atoms with E-state index in [0.29, 0.717) is 17.4 Å². The van der Waals surface area contributed by atoms with Crippen LogP contribution in [-0.2, 0) is 4.79 Å². The monoisotopic (exact) mass is 412 g/mol. The molecule has 30 heavy (non-hydrogen) atoms. The van der Waals surface area contributed by atoms with Gasteiger partial charge in [0.15, 0.2) is 6.61 Å². The Morgan fingerprint density at radius 1 is 1.23 bits per heavy atom. The SMILES string of the molecule is Cc1cc(OCC(=O)NN=Cc2ccc([N+](=O)[O-])cc2)nc(N2CCCCCC2)n1. The van der Waals surface area contributed by atoms with E-state index in [1.54, 1.807) is 6.07 Å². The Hall–Kier alpha value is -3.56. The van der Waals surface area contributed by atoms with Crippen LogP contribution in [0.2, 0.25) is 0 Å². The van der Waals surface area contributed by atoms with Crippen molar-refractivity contribution < 1.29 is 14.5 Å². The summed E-state index contributed by atoms with van der Waals surface area (Å²) in [5, 5.41) is 14.5. The van der Waals surface area contributed by atoms with E-state index in [0.717, 1.165) is 31.6 Å². The average molecular weight is 412 g/mol. The highest BCUT2D eigenvalue weighted by Crippen LogP contribution is 2.19. The molecule has 0 atom stereocenters. The average Bonchev–Trinajstić information content (AvgIpc) is 3.02. The molecule has 1 aliphatic rings. The minimum absolute atomic E-state index is 0.00993. The second-order valence-corrected chi connectivity index (χ2v) is 6.98. The summed E-state index contributed by atoms with van der Waals surface area (Å²) in [4.78, 5) is 33.2. The van der Waals surface area contributed by atoms with Gasteiger partial charge in [-0.25, -0.2) is 10.4 Å². The number of nitro groups is 1. The molecule has 1 N–H and O–H groups in total. The van der Waals surface area contributed by atoms with Crippen molar-refractivity contribution in [2.24, 2.45) is 5.10 Å². The smallest absolute Gasteiger partial charge is 0.278 e. The number of rotatable bonds is 7. The Bertz CT molecular complexity index is 908. The van der Waals surface area contributed by atoms with Crippen LogP contribution in [0.5, 0.6) is 5.88 Å². The van der Waals surface area contributed by atoms with E-state index >= 15 is 0 Å². The number of anilines is 1. The van der Waals surface area contributed by atoms with E-state index in [1.807, 2.05) is 6.92 Å². The van der Waals surface area contributed by atoms with Crippen LogP contribution in [0, 0.1) is 17.0 Å². The lowest BCUT2D eigenvalue weighted by Crippen LogP contribution is -2.27. The Kier molecular flexibility index (Phi) is 7.25. The maximum atomic E-state index is 12.0. The van der Waals surface area contributed by atoms with E-state index in [2.05, 4.69) is 25.4 Å². The molecule has 0 radical (unpaired) electrons. The van der Waals surface area contributed by atoms with Gasteiger partial charge < -0.3 is 9.64 Å². The van der Waals surface area contributed by atoms with Crippen LogP contribution in [0.25, 0.3) is 0 Å². The normalized spacial score (nSPS) is 14.4. The van der Waals surface area contributed by atoms with Gasteiger partial charge in [0.05, 0.1) is 11.1 Å². The first-order valence-corrected chi connectivity index (χ1v) is 9.81. The number of aryl methyl sites for hydroxylation is 1. The van der Waals surface area contributed by atoms with E-state index in [9.17, 15) is 14.9 Å². The van der Waals surface area contributed by atoms with Crippen LogP contribution in [0.4, 0.5) is 11.6 Å². The van der Waals surface area contributed by atoms with Crippen molar-refractivity contribution in [3.05, 3.63) is 51.7 Å². The van der Waals surface area contributed by atoms with Gasteiger partial charge in [-0.05, 0) is 37.5 Å². The largest absolute Gasteiger partial charge is 0.467 e. The molecule has 158 valence electrons. The summed E-state index contributed by atoms with van der Waals surface area (Å²) in [6.45, 7) is 3.46. The maximum Gasteiger partial charge on any atom is 0.278 e. The highest BCUT2D eigenvalue weighted by Gasteiger charge is 2.14. The fourth-order valence-corrected chi connectivity index (χ4v) is 3.04. The summed E-state index contributed by atoms with van der Waals surface area (Å²) < 4.78 is 5.52. The molecule has 1 fully saturated rings. The summed E-state index contributed by atoms with van der Waals surface area (Å²) in [6.07, 6.45) is 6.05. The Balaban J connectivity index is 1.52. The molecule has 0 unspecified atom stereocenters. The molecule has 2 heterocycles. The number of carbonyl (C=O) groups is 1. The number of amides is 1. The maximum absolute atomic E-state index is 12.0. The van der Waals surface area contributed by atoms with E-state index in [-0.39, 0.29) is 12.3 Å². The molecule has 1 aliphatic heterocycles. The number of ether oxygens (including phenoxy) is 1. The van der Waals surface area contributed by atoms with Crippen molar-refractivity contribution in [1.82, 2.24) is 15.4 Å². The molecule has 1 saturated heterocycles. The van der Waals surface area contributed by atoms with Gasteiger partial charge in [-0.3, -0.25) is 14.9 Å². The molecule has 1 aromatic heterocycles. The number of hydrogen-bond acceptors (Lipinski definition) is 8. The highest BCUT2D eigenvalue weighted by molar-refractivity contribution is 5.83. The first-order chi connectivity index (χ1) is 14.5. The van der Waals surface area contributed by atoms with Gasteiger partial charge in [-0.2, -0.15) is 10.1 Å². The van der Waals surface area contributed by atoms with E-state index < -0.39 is 10.8 Å². The predicted octanol–water partition coefficient (Wildman–Crippen LogP) is 2.60. The predicted molar refractivity (Wildman–Crippen MR) is 112 cm³/mol. The summed E-state index contributed by atoms with van der Waals surface area (Å²) >= 11 is 0. The number of benzene rings is 1. The quantitative estimate of drug-likeness (QED) is 0.421. The Morgan fingerprint density at radius 2 is 1.93 bits per heavy atom. The third-order valence-electron chi connectivity index (χ3n) is 4.57. The van der Waals surface area contributed by atoms with Crippen molar-refractivity contribution >= 4 is 23.8 Å². The lowest BCUT2D eigenvalue weighted by atomic mass is 10.2. The van der Waals surface area contributed by atoms with Crippen molar-refractivity contribution in [2.75, 3.05) is 24.6 Å². The Morgan fingerprint density at radius 3 is 2.60 bits per heavy atom. The molecule has 1 aromatic carbocycles. The van der Waals surface area contributed by atoms with Crippen molar-refractivity contribution in [2.45, 2.75) is 32.6 Å². The molecule has 1 amide bonds. The molecule has 10 heteroatoms. The zero-order chi connectivity index (χ0) is 21.3. The van der Waals surface area contributed by atoms with Crippen LogP contribution in [0.15, 0.2) is 35.4 Å². The van der Waals surface area contributed by atoms with Crippen LogP contribution in [-0.4, -0.2) is 46.7 Å². The van der Waals surface area contributed by atoms with Crippen molar-refractivity contribution in [1.29, 1.82) is 0 Å². The molecule has 0 spiro atoms. The summed E-state index contributed by atoms with van der Waals surface area (Å²) in [5.41, 5.74) is 3.74. The standard InChI is InChI=1S/C20H24N6O4/c1-15-12-19(23-20(22-15)25-10-4-2-3-5-11-25)30-14-18(27)24-21-13-16-6-8-17(9-7-16)26(28)29/h6-9,12-13H,2-5,10-11,14H2,1H3,(H,24,27). The van der Waals surface area contributed by atoms with Gasteiger partial charge in [-0.1, -0.05) is 12.8 Å². The van der Waals surface area contributed by atoms with Crippen LogP contribution in [0.3, 0.4) is 0 Å². The van der Waals surface area contributed by atoms with Gasteiger partial charge in [0.2, 0.25) is 11.8 Å². The number of nitrogens with zero attached hydrogens (tertiary/aromatic N) is 5. The van der Waals surface area contributed by atoms with Gasteiger partial charge >= 0.3 is 0 Å². The second-order valence-electron chi connectivity index (χ2n) is 6.98. The molecule has 0 bridgehead atoms. The topological polar surface area (TPSA) is 123 Å². The van der Waals surface area contributed by atoms with Gasteiger partial charge in [-0.15, -0.1) is 0 Å². The number of hydrogen-bond donors (Lipinski definition) is 1. The third kappa shape index (κ3) is 6.23. The molecule has 3 rings (SSSR count). The van der Waals surface area contributed by atoms with Gasteiger partial charge in [0.1, 0.15) is 0 Å². The first-order valence-electron chi connectivity index (χ1n) is 9.81. The minimum atomic E-state index is -0.479. The lowest BCUT2D eigenvalue weighted by Gasteiger charge is -2.20. The number of non-ortho nitro benzene ring substituents is 1.